The highest BCUT2D eigenvalue weighted by Crippen LogP contribution is 2.32. The molecular formula is C19H13N5OS. The average molecular weight is 359 g/mol. The van der Waals surface area contributed by atoms with Gasteiger partial charge in [-0.05, 0) is 31.2 Å². The predicted octanol–water partition coefficient (Wildman–Crippen LogP) is 3.90. The largest absolute Gasteiger partial charge is 0.357 e. The Labute approximate surface area is 151 Å². The number of rotatable bonds is 2. The van der Waals surface area contributed by atoms with Crippen LogP contribution in [0.25, 0.3) is 44.0 Å². The summed E-state index contributed by atoms with van der Waals surface area (Å²) < 4.78 is 1.07. The molecule has 5 rings (SSSR count). The number of aromatic amines is 2. The third-order valence-corrected chi connectivity index (χ3v) is 5.07. The maximum atomic E-state index is 12.2. The monoisotopic (exact) mass is 359 g/mol. The summed E-state index contributed by atoms with van der Waals surface area (Å²) in [7, 11) is 0. The van der Waals surface area contributed by atoms with Crippen LogP contribution in [0.1, 0.15) is 5.69 Å². The Kier molecular flexibility index (Phi) is 3.23. The van der Waals surface area contributed by atoms with Crippen molar-refractivity contribution in [2.24, 2.45) is 0 Å². The summed E-state index contributed by atoms with van der Waals surface area (Å²) in [6, 6.07) is 11.4. The number of thiazole rings is 1. The topological polar surface area (TPSA) is 87.3 Å². The number of hydrogen-bond acceptors (Lipinski definition) is 5. The maximum Gasteiger partial charge on any atom is 0.209 e. The third-order valence-electron chi connectivity index (χ3n) is 4.28. The number of hydrogen-bond donors (Lipinski definition) is 2. The van der Waals surface area contributed by atoms with Crippen LogP contribution in [0.3, 0.4) is 0 Å². The molecule has 0 saturated heterocycles. The zero-order chi connectivity index (χ0) is 17.7. The first-order valence-electron chi connectivity index (χ1n) is 8.08. The smallest absolute Gasteiger partial charge is 0.209 e. The number of nitrogens with one attached hydrogen (secondary N) is 2. The molecule has 5 aromatic rings. The molecular weight excluding hydrogens is 346 g/mol. The van der Waals surface area contributed by atoms with Crippen LogP contribution in [0.4, 0.5) is 0 Å². The summed E-state index contributed by atoms with van der Waals surface area (Å²) in [5, 5.41) is 0. The van der Waals surface area contributed by atoms with E-state index in [2.05, 4.69) is 19.9 Å². The van der Waals surface area contributed by atoms with E-state index in [9.17, 15) is 4.79 Å². The highest BCUT2D eigenvalue weighted by molar-refractivity contribution is 7.16. The molecule has 0 aliphatic heterocycles. The highest BCUT2D eigenvalue weighted by Gasteiger charge is 2.16. The Morgan fingerprint density at radius 1 is 1.04 bits per heavy atom. The molecule has 0 spiro atoms. The molecule has 0 aliphatic rings. The van der Waals surface area contributed by atoms with Gasteiger partial charge < -0.3 is 9.97 Å². The van der Waals surface area contributed by atoms with E-state index >= 15 is 0 Å². The zero-order valence-corrected chi connectivity index (χ0v) is 14.6. The molecule has 0 atom stereocenters. The van der Waals surface area contributed by atoms with E-state index in [0.717, 1.165) is 27.2 Å². The molecule has 0 bridgehead atoms. The van der Waals surface area contributed by atoms with E-state index in [1.807, 2.05) is 42.8 Å². The molecule has 0 unspecified atom stereocenters. The molecule has 6 nitrogen and oxygen atoms in total. The Balaban J connectivity index is 1.86. The molecule has 0 aliphatic carbocycles. The first kappa shape index (κ1) is 15.0. The molecule has 1 aromatic carbocycles. The highest BCUT2D eigenvalue weighted by atomic mass is 32.1. The predicted molar refractivity (Wildman–Crippen MR) is 103 cm³/mol. The van der Waals surface area contributed by atoms with Gasteiger partial charge in [-0.15, -0.1) is 11.3 Å². The Bertz CT molecular complexity index is 1330. The summed E-state index contributed by atoms with van der Waals surface area (Å²) >= 11 is 1.57. The van der Waals surface area contributed by atoms with Gasteiger partial charge in [-0.1, -0.05) is 6.07 Å². The fourth-order valence-electron chi connectivity index (χ4n) is 3.02. The Morgan fingerprint density at radius 3 is 2.81 bits per heavy atom. The molecule has 2 N–H and O–H groups in total. The van der Waals surface area contributed by atoms with Crippen LogP contribution in [0, 0.1) is 6.92 Å². The first-order chi connectivity index (χ1) is 12.7. The van der Waals surface area contributed by atoms with Gasteiger partial charge in [0.1, 0.15) is 5.69 Å². The molecule has 26 heavy (non-hydrogen) atoms. The van der Waals surface area contributed by atoms with E-state index in [1.165, 1.54) is 6.07 Å². The second-order valence-corrected chi connectivity index (χ2v) is 6.94. The van der Waals surface area contributed by atoms with Crippen molar-refractivity contribution < 1.29 is 0 Å². The standard InChI is InChI=1S/C19H13N5OS/c1-10-2-4-13(22-10)17-16(11-3-5-12-15(8-11)26-9-21-12)23-18-14(25)6-7-20-19(18)24-17/h2-9,22H,1H3,(H,20,24,25). The van der Waals surface area contributed by atoms with Crippen molar-refractivity contribution in [2.45, 2.75) is 6.92 Å². The number of benzene rings is 1. The number of aromatic nitrogens is 5. The fourth-order valence-corrected chi connectivity index (χ4v) is 3.73. The van der Waals surface area contributed by atoms with Gasteiger partial charge in [0.2, 0.25) is 5.43 Å². The second kappa shape index (κ2) is 5.60. The SMILES string of the molecule is Cc1ccc(-c2nc3[nH]ccc(=O)c3nc2-c2ccc3ncsc3c2)[nH]1. The quantitative estimate of drug-likeness (QED) is 0.500. The fraction of sp³-hybridized carbons (Fsp3) is 0.0526. The number of pyridine rings is 1. The van der Waals surface area contributed by atoms with Crippen molar-refractivity contribution in [2.75, 3.05) is 0 Å². The van der Waals surface area contributed by atoms with Gasteiger partial charge in [-0.2, -0.15) is 0 Å². The van der Waals surface area contributed by atoms with Crippen LogP contribution in [-0.2, 0) is 0 Å². The van der Waals surface area contributed by atoms with Gasteiger partial charge in [0.15, 0.2) is 11.2 Å². The van der Waals surface area contributed by atoms with Crippen LogP contribution in [0.15, 0.2) is 52.9 Å². The zero-order valence-electron chi connectivity index (χ0n) is 13.8. The molecule has 0 saturated carbocycles. The number of nitrogens with zero attached hydrogens (tertiary/aromatic N) is 3. The molecule has 0 fully saturated rings. The van der Waals surface area contributed by atoms with Gasteiger partial charge in [0, 0.05) is 23.5 Å². The summed E-state index contributed by atoms with van der Waals surface area (Å²) in [6.07, 6.45) is 1.59. The maximum absolute atomic E-state index is 12.2. The van der Waals surface area contributed by atoms with E-state index in [4.69, 9.17) is 4.98 Å². The van der Waals surface area contributed by atoms with Crippen LogP contribution in [-0.4, -0.2) is 24.9 Å². The lowest BCUT2D eigenvalue weighted by Crippen LogP contribution is -2.06. The minimum atomic E-state index is -0.152. The molecule has 0 amide bonds. The van der Waals surface area contributed by atoms with Crippen molar-refractivity contribution in [3.8, 4) is 22.6 Å². The van der Waals surface area contributed by atoms with Crippen molar-refractivity contribution in [3.05, 3.63) is 64.0 Å². The normalized spacial score (nSPS) is 11.4. The minimum absolute atomic E-state index is 0.152. The van der Waals surface area contributed by atoms with Crippen LogP contribution < -0.4 is 5.43 Å². The van der Waals surface area contributed by atoms with Gasteiger partial charge in [-0.25, -0.2) is 15.0 Å². The van der Waals surface area contributed by atoms with E-state index in [-0.39, 0.29) is 5.43 Å². The summed E-state index contributed by atoms with van der Waals surface area (Å²) in [5.74, 6) is 0. The molecule has 126 valence electrons. The van der Waals surface area contributed by atoms with E-state index in [1.54, 1.807) is 17.5 Å². The lowest BCUT2D eigenvalue weighted by Gasteiger charge is -2.09. The van der Waals surface area contributed by atoms with Crippen molar-refractivity contribution in [3.63, 3.8) is 0 Å². The first-order valence-corrected chi connectivity index (χ1v) is 8.96. The number of fused-ring (bicyclic) bond motifs is 2. The molecule has 4 aromatic heterocycles. The minimum Gasteiger partial charge on any atom is -0.357 e. The van der Waals surface area contributed by atoms with Gasteiger partial charge in [0.25, 0.3) is 0 Å². The van der Waals surface area contributed by atoms with Crippen molar-refractivity contribution in [1.82, 2.24) is 24.9 Å². The van der Waals surface area contributed by atoms with Crippen LogP contribution >= 0.6 is 11.3 Å². The summed E-state index contributed by atoms with van der Waals surface area (Å²) in [5.41, 5.74) is 7.60. The molecule has 4 heterocycles. The van der Waals surface area contributed by atoms with E-state index < -0.39 is 0 Å². The second-order valence-electron chi connectivity index (χ2n) is 6.05. The lowest BCUT2D eigenvalue weighted by molar-refractivity contribution is 1.19. The number of aryl methyl sites for hydroxylation is 1. The van der Waals surface area contributed by atoms with Crippen molar-refractivity contribution >= 4 is 32.7 Å². The Morgan fingerprint density at radius 2 is 1.96 bits per heavy atom. The lowest BCUT2D eigenvalue weighted by atomic mass is 10.1. The molecule has 0 radical (unpaired) electrons. The summed E-state index contributed by atoms with van der Waals surface area (Å²) in [4.78, 5) is 32.3. The van der Waals surface area contributed by atoms with E-state index in [0.29, 0.717) is 22.6 Å². The summed E-state index contributed by atoms with van der Waals surface area (Å²) in [6.45, 7) is 1.99. The van der Waals surface area contributed by atoms with Gasteiger partial charge in [-0.3, -0.25) is 4.79 Å². The van der Waals surface area contributed by atoms with Crippen LogP contribution in [0.2, 0.25) is 0 Å². The Hall–Kier alpha value is -3.32. The van der Waals surface area contributed by atoms with Crippen molar-refractivity contribution in [1.29, 1.82) is 0 Å². The molecule has 7 heteroatoms. The average Bonchev–Trinajstić information content (AvgIpc) is 3.29. The van der Waals surface area contributed by atoms with Gasteiger partial charge >= 0.3 is 0 Å². The van der Waals surface area contributed by atoms with Crippen LogP contribution in [0.5, 0.6) is 0 Å². The number of H-pyrrole nitrogens is 2. The van der Waals surface area contributed by atoms with Gasteiger partial charge in [0.05, 0.1) is 27.1 Å². The third kappa shape index (κ3) is 2.33.